The Morgan fingerprint density at radius 2 is 1.88 bits per heavy atom. The lowest BCUT2D eigenvalue weighted by molar-refractivity contribution is -0.164. The minimum Gasteiger partial charge on any atom is -0.465 e. The summed E-state index contributed by atoms with van der Waals surface area (Å²) in [5.41, 5.74) is -1.05. The number of hydrogen-bond acceptors (Lipinski definition) is 8. The number of hydrogen-bond donors (Lipinski definition) is 1. The van der Waals surface area contributed by atoms with Gasteiger partial charge in [0.25, 0.3) is 5.91 Å². The van der Waals surface area contributed by atoms with Crippen molar-refractivity contribution in [1.29, 1.82) is 0 Å². The molecule has 6 atom stereocenters. The third-order valence-electron chi connectivity index (χ3n) is 9.44. The minimum absolute atomic E-state index is 0.110. The molecule has 0 bridgehead atoms. The van der Waals surface area contributed by atoms with Crippen molar-refractivity contribution in [1.82, 2.24) is 24.8 Å². The van der Waals surface area contributed by atoms with Gasteiger partial charge in [-0.25, -0.2) is 4.68 Å². The summed E-state index contributed by atoms with van der Waals surface area (Å²) in [6.45, 7) is 6.04. The van der Waals surface area contributed by atoms with E-state index in [1.54, 1.807) is 9.58 Å². The highest BCUT2D eigenvalue weighted by Crippen LogP contribution is 2.58. The van der Waals surface area contributed by atoms with Crippen molar-refractivity contribution in [3.63, 3.8) is 0 Å². The molecule has 2 fully saturated rings. The van der Waals surface area contributed by atoms with Gasteiger partial charge in [-0.1, -0.05) is 62.4 Å². The van der Waals surface area contributed by atoms with Crippen LogP contribution in [0.1, 0.15) is 46.5 Å². The maximum Gasteiger partial charge on any atom is 0.313 e. The van der Waals surface area contributed by atoms with Crippen LogP contribution in [0.15, 0.2) is 48.6 Å². The molecule has 1 aromatic carbocycles. The average Bonchev–Trinajstić information content (AvgIpc) is 3.55. The number of rotatable bonds is 6. The lowest BCUT2D eigenvalue weighted by Crippen LogP contribution is -2.59. The number of ether oxygens (including phenoxy) is 2. The number of esters is 1. The Bertz CT molecular complexity index is 1440. The van der Waals surface area contributed by atoms with E-state index in [2.05, 4.69) is 10.3 Å². The van der Waals surface area contributed by atoms with Crippen molar-refractivity contribution in [3.8, 4) is 0 Å². The zero-order chi connectivity index (χ0) is 29.6. The molecule has 2 saturated heterocycles. The predicted molar refractivity (Wildman–Crippen MR) is 152 cm³/mol. The normalized spacial score (nSPS) is 32.9. The van der Waals surface area contributed by atoms with Gasteiger partial charge in [-0.15, -0.1) is 5.10 Å². The van der Waals surface area contributed by atoms with Gasteiger partial charge in [-0.2, -0.15) is 0 Å². The summed E-state index contributed by atoms with van der Waals surface area (Å²) in [4.78, 5) is 46.2. The van der Waals surface area contributed by atoms with E-state index in [0.717, 1.165) is 24.8 Å². The van der Waals surface area contributed by atoms with E-state index in [4.69, 9.17) is 9.47 Å². The van der Waals surface area contributed by atoms with Crippen LogP contribution >= 0.6 is 0 Å². The molecule has 42 heavy (non-hydrogen) atoms. The predicted octanol–water partition coefficient (Wildman–Crippen LogP) is 2.45. The number of cyclic esters (lactones) is 1. The molecule has 11 heteroatoms. The number of aromatic nitrogens is 3. The highest BCUT2D eigenvalue weighted by molar-refractivity contribution is 5.99. The van der Waals surface area contributed by atoms with Gasteiger partial charge >= 0.3 is 5.97 Å². The number of para-hydroxylation sites is 1. The van der Waals surface area contributed by atoms with Crippen LogP contribution in [-0.4, -0.2) is 90.7 Å². The summed E-state index contributed by atoms with van der Waals surface area (Å²) >= 11 is 0. The molecule has 2 amide bonds. The van der Waals surface area contributed by atoms with E-state index >= 15 is 0 Å². The SMILES string of the molecule is CC[C@]12/C=C\CCCCOC(=O)[C@H]1[C@H]1C(=O)N([C@@H](CO)C(C)C)C3C(=O)N(Cn4nnc5ccccc54)CC=C[C@@]31O2. The first kappa shape index (κ1) is 28.5. The van der Waals surface area contributed by atoms with Crippen molar-refractivity contribution in [3.05, 3.63) is 48.6 Å². The number of amides is 2. The van der Waals surface area contributed by atoms with Crippen LogP contribution in [-0.2, 0) is 30.5 Å². The highest BCUT2D eigenvalue weighted by atomic mass is 16.6. The quantitative estimate of drug-likeness (QED) is 0.410. The third kappa shape index (κ3) is 4.27. The van der Waals surface area contributed by atoms with Crippen molar-refractivity contribution in [2.45, 2.75) is 76.4 Å². The number of carbonyl (C=O) groups is 3. The molecule has 1 spiro atoms. The van der Waals surface area contributed by atoms with Crippen LogP contribution in [0.2, 0.25) is 0 Å². The second-order valence-corrected chi connectivity index (χ2v) is 12.1. The van der Waals surface area contributed by atoms with Crippen LogP contribution in [0, 0.1) is 17.8 Å². The van der Waals surface area contributed by atoms with Gasteiger partial charge in [0.1, 0.15) is 35.3 Å². The number of benzene rings is 1. The molecule has 0 saturated carbocycles. The van der Waals surface area contributed by atoms with Gasteiger partial charge in [0, 0.05) is 6.54 Å². The fraction of sp³-hybridized carbons (Fsp3) is 0.581. The summed E-state index contributed by atoms with van der Waals surface area (Å²) in [5.74, 6) is -3.27. The van der Waals surface area contributed by atoms with Crippen molar-refractivity contribution >= 4 is 28.8 Å². The Hall–Kier alpha value is -3.57. The van der Waals surface area contributed by atoms with E-state index in [1.807, 2.05) is 69.3 Å². The average molecular weight is 578 g/mol. The smallest absolute Gasteiger partial charge is 0.313 e. The van der Waals surface area contributed by atoms with Crippen molar-refractivity contribution in [2.75, 3.05) is 19.8 Å². The fourth-order valence-corrected chi connectivity index (χ4v) is 7.31. The largest absolute Gasteiger partial charge is 0.465 e. The van der Waals surface area contributed by atoms with Crippen LogP contribution in [0.4, 0.5) is 0 Å². The van der Waals surface area contributed by atoms with Gasteiger partial charge in [0.05, 0.1) is 30.7 Å². The highest BCUT2D eigenvalue weighted by Gasteiger charge is 2.76. The molecule has 4 aliphatic rings. The summed E-state index contributed by atoms with van der Waals surface area (Å²) in [6.07, 6.45) is 10.4. The molecule has 1 N–H and O–H groups in total. The molecule has 2 aromatic rings. The number of carbonyl (C=O) groups excluding carboxylic acids is 3. The molecule has 11 nitrogen and oxygen atoms in total. The van der Waals surface area contributed by atoms with E-state index in [1.165, 1.54) is 4.90 Å². The molecular formula is C31H39N5O6. The second kappa shape index (κ2) is 10.9. The number of allylic oxidation sites excluding steroid dienone is 1. The monoisotopic (exact) mass is 577 g/mol. The van der Waals surface area contributed by atoms with Gasteiger partial charge in [-0.3, -0.25) is 14.4 Å². The Kier molecular flexibility index (Phi) is 7.43. The molecule has 4 aliphatic heterocycles. The maximum absolute atomic E-state index is 14.7. The Balaban J connectivity index is 1.48. The topological polar surface area (TPSA) is 127 Å². The molecule has 0 radical (unpaired) electrons. The molecule has 6 rings (SSSR count). The minimum atomic E-state index is -1.42. The summed E-state index contributed by atoms with van der Waals surface area (Å²) in [6, 6.07) is 5.77. The zero-order valence-electron chi connectivity index (χ0n) is 24.4. The van der Waals surface area contributed by atoms with E-state index < -0.39 is 41.1 Å². The first-order valence-corrected chi connectivity index (χ1v) is 15.0. The Morgan fingerprint density at radius 1 is 1.07 bits per heavy atom. The summed E-state index contributed by atoms with van der Waals surface area (Å²) in [5, 5.41) is 19.0. The van der Waals surface area contributed by atoms with Crippen molar-refractivity contribution < 1.29 is 29.0 Å². The number of fused-ring (bicyclic) bond motifs is 3. The van der Waals surface area contributed by atoms with Gasteiger partial charge in [0.15, 0.2) is 0 Å². The van der Waals surface area contributed by atoms with E-state index in [9.17, 15) is 19.5 Å². The van der Waals surface area contributed by atoms with Gasteiger partial charge < -0.3 is 24.4 Å². The van der Waals surface area contributed by atoms with Crippen molar-refractivity contribution in [2.24, 2.45) is 17.8 Å². The van der Waals surface area contributed by atoms with Crippen LogP contribution in [0.5, 0.6) is 0 Å². The lowest BCUT2D eigenvalue weighted by atomic mass is 9.73. The molecular weight excluding hydrogens is 538 g/mol. The third-order valence-corrected chi connectivity index (χ3v) is 9.44. The van der Waals surface area contributed by atoms with E-state index in [-0.39, 0.29) is 44.2 Å². The van der Waals surface area contributed by atoms with Crippen LogP contribution in [0.25, 0.3) is 11.0 Å². The molecule has 0 aliphatic carbocycles. The van der Waals surface area contributed by atoms with Gasteiger partial charge in [0.2, 0.25) is 5.91 Å². The van der Waals surface area contributed by atoms with Crippen LogP contribution < -0.4 is 0 Å². The van der Waals surface area contributed by atoms with Gasteiger partial charge in [-0.05, 0) is 43.7 Å². The summed E-state index contributed by atoms with van der Waals surface area (Å²) < 4.78 is 14.4. The molecule has 5 heterocycles. The molecule has 1 aromatic heterocycles. The lowest BCUT2D eigenvalue weighted by Gasteiger charge is -2.41. The Morgan fingerprint density at radius 3 is 2.64 bits per heavy atom. The summed E-state index contributed by atoms with van der Waals surface area (Å²) in [7, 11) is 0. The molecule has 1 unspecified atom stereocenters. The van der Waals surface area contributed by atoms with E-state index in [0.29, 0.717) is 11.9 Å². The standard InChI is InChI=1S/C31H39N5O6/c1-4-30-14-9-5-6-10-17-41-29(40)25(30)24-27(38)36(23(18-37)20(2)3)26-28(39)34(16-11-15-31(24,26)42-30)19-35-22-13-8-7-12-21(22)32-33-35/h7-9,11-15,20,23-26,37H,4-6,10,16-19H2,1-3H3/b14-9-/t23-,24-,25+,26?,30-,31-/m0/s1. The Labute approximate surface area is 245 Å². The maximum atomic E-state index is 14.7. The van der Waals surface area contributed by atoms with Crippen LogP contribution in [0.3, 0.4) is 0 Å². The number of nitrogens with zero attached hydrogens (tertiary/aromatic N) is 5. The number of aliphatic hydroxyl groups excluding tert-OH is 1. The zero-order valence-corrected chi connectivity index (χ0v) is 24.4. The number of likely N-dealkylation sites (tertiary alicyclic amines) is 1. The number of aliphatic hydroxyl groups is 1. The first-order valence-electron chi connectivity index (χ1n) is 15.0. The second-order valence-electron chi connectivity index (χ2n) is 12.1. The molecule has 224 valence electrons. The first-order chi connectivity index (χ1) is 20.3. The fourth-order valence-electron chi connectivity index (χ4n) is 7.31.